The molecule has 25 heavy (non-hydrogen) atoms. The fourth-order valence-electron chi connectivity index (χ4n) is 3.15. The lowest BCUT2D eigenvalue weighted by molar-refractivity contribution is 0.435. The summed E-state index contributed by atoms with van der Waals surface area (Å²) in [6, 6.07) is 13.0. The van der Waals surface area contributed by atoms with E-state index in [1.54, 1.807) is 12.1 Å². The Morgan fingerprint density at radius 2 is 1.80 bits per heavy atom. The van der Waals surface area contributed by atoms with Gasteiger partial charge < -0.3 is 4.52 Å². The molecule has 0 saturated heterocycles. The molecule has 0 fully saturated rings. The van der Waals surface area contributed by atoms with E-state index >= 15 is 0 Å². The summed E-state index contributed by atoms with van der Waals surface area (Å²) in [5.74, 6) is 0.129. The number of anilines is 1. The molecule has 0 aliphatic heterocycles. The van der Waals surface area contributed by atoms with Gasteiger partial charge in [0.1, 0.15) is 0 Å². The number of fused-ring (bicyclic) bond motifs is 1. The van der Waals surface area contributed by atoms with Crippen molar-refractivity contribution in [1.29, 1.82) is 0 Å². The van der Waals surface area contributed by atoms with Crippen LogP contribution in [-0.2, 0) is 22.9 Å². The smallest absolute Gasteiger partial charge is 0.264 e. The Bertz CT molecular complexity index is 1020. The predicted octanol–water partition coefficient (Wildman–Crippen LogP) is 3.94. The molecule has 0 atom stereocenters. The molecular formula is C19H18N2O3S. The van der Waals surface area contributed by atoms with E-state index in [0.717, 1.165) is 36.0 Å². The van der Waals surface area contributed by atoms with Crippen LogP contribution in [0.2, 0.25) is 0 Å². The van der Waals surface area contributed by atoms with Gasteiger partial charge in [-0.25, -0.2) is 13.1 Å². The van der Waals surface area contributed by atoms with Crippen molar-refractivity contribution in [3.63, 3.8) is 0 Å². The molecule has 5 nitrogen and oxygen atoms in total. The third-order valence-corrected chi connectivity index (χ3v) is 5.87. The number of rotatable bonds is 4. The number of sulfonamides is 1. The van der Waals surface area contributed by atoms with Crippen molar-refractivity contribution in [1.82, 2.24) is 5.16 Å². The molecule has 2 aromatic carbocycles. The molecule has 0 saturated carbocycles. The molecule has 0 unspecified atom stereocenters. The first kappa shape index (κ1) is 15.9. The van der Waals surface area contributed by atoms with Gasteiger partial charge in [-0.3, -0.25) is 0 Å². The molecule has 4 rings (SSSR count). The second kappa shape index (κ2) is 6.04. The molecule has 1 aliphatic rings. The maximum absolute atomic E-state index is 12.7. The average Bonchev–Trinajstić information content (AvgIpc) is 3.23. The Hall–Kier alpha value is -2.60. The quantitative estimate of drug-likeness (QED) is 0.770. The monoisotopic (exact) mass is 354 g/mol. The summed E-state index contributed by atoms with van der Waals surface area (Å²) in [6.45, 7) is 1.99. The zero-order chi connectivity index (χ0) is 17.4. The number of nitrogens with one attached hydrogen (secondary N) is 1. The van der Waals surface area contributed by atoms with Crippen molar-refractivity contribution in [3.05, 3.63) is 65.4 Å². The fraction of sp³-hybridized carbons (Fsp3) is 0.211. The number of hydrogen-bond acceptors (Lipinski definition) is 4. The Labute approximate surface area is 146 Å². The third-order valence-electron chi connectivity index (χ3n) is 4.54. The molecule has 1 heterocycles. The summed E-state index contributed by atoms with van der Waals surface area (Å²) in [5.41, 5.74) is 4.93. The molecule has 6 heteroatoms. The van der Waals surface area contributed by atoms with Crippen molar-refractivity contribution in [2.45, 2.75) is 31.1 Å². The van der Waals surface area contributed by atoms with E-state index in [9.17, 15) is 8.42 Å². The van der Waals surface area contributed by atoms with Gasteiger partial charge in [0.2, 0.25) is 5.88 Å². The molecule has 0 radical (unpaired) electrons. The topological polar surface area (TPSA) is 72.2 Å². The summed E-state index contributed by atoms with van der Waals surface area (Å²) in [4.78, 5) is 0.249. The molecule has 0 bridgehead atoms. The van der Waals surface area contributed by atoms with Crippen LogP contribution in [0, 0.1) is 6.92 Å². The number of nitrogens with zero attached hydrogens (tertiary/aromatic N) is 1. The summed E-state index contributed by atoms with van der Waals surface area (Å²) >= 11 is 0. The zero-order valence-corrected chi connectivity index (χ0v) is 14.6. The third kappa shape index (κ3) is 3.05. The van der Waals surface area contributed by atoms with E-state index in [4.69, 9.17) is 4.52 Å². The minimum atomic E-state index is -3.73. The highest BCUT2D eigenvalue weighted by molar-refractivity contribution is 7.92. The largest absolute Gasteiger partial charge is 0.337 e. The first-order valence-electron chi connectivity index (χ1n) is 8.19. The van der Waals surface area contributed by atoms with Crippen molar-refractivity contribution in [2.24, 2.45) is 0 Å². The lowest BCUT2D eigenvalue weighted by Gasteiger charge is -2.09. The first-order valence-corrected chi connectivity index (χ1v) is 9.67. The predicted molar refractivity (Wildman–Crippen MR) is 96.0 cm³/mol. The number of hydrogen-bond donors (Lipinski definition) is 1. The molecule has 1 N–H and O–H groups in total. The Kier molecular flexibility index (Phi) is 3.84. The highest BCUT2D eigenvalue weighted by Crippen LogP contribution is 2.31. The van der Waals surface area contributed by atoms with Gasteiger partial charge in [-0.1, -0.05) is 41.1 Å². The van der Waals surface area contributed by atoms with E-state index in [1.165, 1.54) is 11.8 Å². The van der Waals surface area contributed by atoms with Gasteiger partial charge in [0.25, 0.3) is 10.0 Å². The van der Waals surface area contributed by atoms with E-state index in [-0.39, 0.29) is 10.8 Å². The van der Waals surface area contributed by atoms with Crippen LogP contribution < -0.4 is 4.72 Å². The Morgan fingerprint density at radius 3 is 2.60 bits per heavy atom. The van der Waals surface area contributed by atoms with Crippen LogP contribution >= 0.6 is 0 Å². The number of benzene rings is 2. The highest BCUT2D eigenvalue weighted by atomic mass is 32.2. The SMILES string of the molecule is Cc1ccc(-c2cnoc2NS(=O)(=O)c2ccc3c(c2)CCC3)cc1. The van der Waals surface area contributed by atoms with Gasteiger partial charge in [-0.05, 0) is 55.0 Å². The first-order chi connectivity index (χ1) is 12.0. The summed E-state index contributed by atoms with van der Waals surface area (Å²) in [6.07, 6.45) is 4.54. The van der Waals surface area contributed by atoms with Crippen LogP contribution in [0.25, 0.3) is 11.1 Å². The maximum Gasteiger partial charge on any atom is 0.264 e. The summed E-state index contributed by atoms with van der Waals surface area (Å²) in [5, 5.41) is 3.75. The van der Waals surface area contributed by atoms with Crippen molar-refractivity contribution in [3.8, 4) is 11.1 Å². The maximum atomic E-state index is 12.7. The zero-order valence-electron chi connectivity index (χ0n) is 13.8. The number of aromatic nitrogens is 1. The summed E-state index contributed by atoms with van der Waals surface area (Å²) in [7, 11) is -3.73. The summed E-state index contributed by atoms with van der Waals surface area (Å²) < 4.78 is 33.2. The molecule has 1 aromatic heterocycles. The van der Waals surface area contributed by atoms with Crippen LogP contribution in [0.1, 0.15) is 23.1 Å². The van der Waals surface area contributed by atoms with Gasteiger partial charge in [0, 0.05) is 0 Å². The molecule has 1 aliphatic carbocycles. The molecule has 3 aromatic rings. The fourth-order valence-corrected chi connectivity index (χ4v) is 4.20. The molecular weight excluding hydrogens is 336 g/mol. The second-order valence-electron chi connectivity index (χ2n) is 6.32. The van der Waals surface area contributed by atoms with Gasteiger partial charge in [0.05, 0.1) is 16.7 Å². The minimum Gasteiger partial charge on any atom is -0.337 e. The van der Waals surface area contributed by atoms with Crippen molar-refractivity contribution in [2.75, 3.05) is 4.72 Å². The minimum absolute atomic E-state index is 0.129. The van der Waals surface area contributed by atoms with E-state index < -0.39 is 10.0 Å². The van der Waals surface area contributed by atoms with Crippen molar-refractivity contribution < 1.29 is 12.9 Å². The lowest BCUT2D eigenvalue weighted by Crippen LogP contribution is -2.13. The van der Waals surface area contributed by atoms with Crippen LogP contribution in [0.4, 0.5) is 5.88 Å². The van der Waals surface area contributed by atoms with Gasteiger partial charge in [0.15, 0.2) is 0 Å². The number of aryl methyl sites for hydroxylation is 3. The van der Waals surface area contributed by atoms with Crippen LogP contribution in [0.15, 0.2) is 58.1 Å². The normalized spacial score (nSPS) is 13.6. The second-order valence-corrected chi connectivity index (χ2v) is 8.01. The van der Waals surface area contributed by atoms with Crippen LogP contribution in [-0.4, -0.2) is 13.6 Å². The highest BCUT2D eigenvalue weighted by Gasteiger charge is 2.22. The van der Waals surface area contributed by atoms with Gasteiger partial charge in [-0.2, -0.15) is 0 Å². The van der Waals surface area contributed by atoms with E-state index in [1.807, 2.05) is 37.3 Å². The van der Waals surface area contributed by atoms with Crippen LogP contribution in [0.3, 0.4) is 0 Å². The van der Waals surface area contributed by atoms with Gasteiger partial charge in [-0.15, -0.1) is 0 Å². The van der Waals surface area contributed by atoms with E-state index in [2.05, 4.69) is 9.88 Å². The molecule has 0 amide bonds. The molecule has 0 spiro atoms. The van der Waals surface area contributed by atoms with Crippen molar-refractivity contribution >= 4 is 15.9 Å². The van der Waals surface area contributed by atoms with Gasteiger partial charge >= 0.3 is 0 Å². The Morgan fingerprint density at radius 1 is 1.04 bits per heavy atom. The van der Waals surface area contributed by atoms with E-state index in [0.29, 0.717) is 5.56 Å². The average molecular weight is 354 g/mol. The lowest BCUT2D eigenvalue weighted by atomic mass is 10.1. The standard InChI is InChI=1S/C19H18N2O3S/c1-13-5-7-15(8-6-13)18-12-20-24-19(18)21-25(22,23)17-10-9-14-3-2-4-16(14)11-17/h5-12,21H,2-4H2,1H3. The van der Waals surface area contributed by atoms with Crippen LogP contribution in [0.5, 0.6) is 0 Å². The molecule has 128 valence electrons. The Balaban J connectivity index is 1.66.